The van der Waals surface area contributed by atoms with Gasteiger partial charge in [0.2, 0.25) is 0 Å². The summed E-state index contributed by atoms with van der Waals surface area (Å²) in [6.45, 7) is 2.41. The van der Waals surface area contributed by atoms with E-state index in [0.717, 1.165) is 24.9 Å². The van der Waals surface area contributed by atoms with Crippen LogP contribution in [-0.2, 0) is 21.4 Å². The molecule has 2 bridgehead atoms. The van der Waals surface area contributed by atoms with Gasteiger partial charge in [-0.15, -0.1) is 0 Å². The number of likely N-dealkylation sites (tertiary alicyclic amines) is 1. The molecule has 5 rings (SSSR count). The molecule has 0 saturated carbocycles. The lowest BCUT2D eigenvalue weighted by Gasteiger charge is -2.56. The Morgan fingerprint density at radius 2 is 2.25 bits per heavy atom. The number of likely N-dealkylation sites (N-methyl/N-ethyl adjacent to an activating group) is 1. The van der Waals surface area contributed by atoms with Crippen LogP contribution < -0.4 is 4.74 Å². The van der Waals surface area contributed by atoms with Crippen LogP contribution >= 0.6 is 0 Å². The van der Waals surface area contributed by atoms with Gasteiger partial charge in [-0.25, -0.2) is 0 Å². The number of esters is 1. The van der Waals surface area contributed by atoms with E-state index in [1.807, 2.05) is 12.1 Å². The average molecular weight is 327 g/mol. The number of hydrogen-bond acceptors (Lipinski definition) is 5. The Balaban J connectivity index is 1.74. The molecule has 5 atom stereocenters. The lowest BCUT2D eigenvalue weighted by molar-refractivity contribution is -0.152. The highest BCUT2D eigenvalue weighted by atomic mass is 16.6. The topological polar surface area (TPSA) is 59.0 Å². The summed E-state index contributed by atoms with van der Waals surface area (Å²) in [6, 6.07) is 4.18. The number of rotatable bonds is 1. The third kappa shape index (κ3) is 1.56. The van der Waals surface area contributed by atoms with E-state index >= 15 is 0 Å². The molecule has 24 heavy (non-hydrogen) atoms. The maximum atomic E-state index is 11.6. The fraction of sp³-hybridized carbons (Fsp3) is 0.526. The van der Waals surface area contributed by atoms with Gasteiger partial charge in [-0.1, -0.05) is 12.1 Å². The molecule has 1 aromatic rings. The van der Waals surface area contributed by atoms with Crippen molar-refractivity contribution < 1.29 is 19.4 Å². The largest absolute Gasteiger partial charge is 0.504 e. The fourth-order valence-corrected chi connectivity index (χ4v) is 5.51. The van der Waals surface area contributed by atoms with Crippen LogP contribution in [0, 0.1) is 5.92 Å². The van der Waals surface area contributed by atoms with Crippen LogP contribution in [0.5, 0.6) is 11.5 Å². The van der Waals surface area contributed by atoms with E-state index in [-0.39, 0.29) is 23.2 Å². The molecule has 1 fully saturated rings. The molecule has 5 nitrogen and oxygen atoms in total. The second-order valence-corrected chi connectivity index (χ2v) is 7.51. The number of benzene rings is 1. The van der Waals surface area contributed by atoms with Crippen LogP contribution in [-0.4, -0.2) is 47.8 Å². The number of phenolic OH excluding ortho intramolecular Hbond substituents is 1. The first-order chi connectivity index (χ1) is 11.5. The van der Waals surface area contributed by atoms with E-state index in [9.17, 15) is 9.90 Å². The predicted octanol–water partition coefficient (Wildman–Crippen LogP) is 1.77. The zero-order valence-electron chi connectivity index (χ0n) is 13.9. The number of aromatic hydroxyl groups is 1. The summed E-state index contributed by atoms with van der Waals surface area (Å²) in [6.07, 6.45) is 5.45. The molecular formula is C19H21NO4. The summed E-state index contributed by atoms with van der Waals surface area (Å²) in [5.74, 6) is 0.814. The molecule has 1 spiro atoms. The number of carbonyl (C=O) groups is 1. The van der Waals surface area contributed by atoms with Gasteiger partial charge < -0.3 is 19.5 Å². The monoisotopic (exact) mass is 327 g/mol. The van der Waals surface area contributed by atoms with E-state index in [1.165, 1.54) is 12.5 Å². The van der Waals surface area contributed by atoms with Crippen molar-refractivity contribution in [3.05, 3.63) is 35.4 Å². The number of nitrogens with zero attached hydrogens (tertiary/aromatic N) is 1. The molecule has 0 unspecified atom stereocenters. The number of phenols is 1. The lowest BCUT2D eigenvalue weighted by Crippen LogP contribution is -2.65. The first-order valence-electron chi connectivity index (χ1n) is 8.60. The number of hydrogen-bond donors (Lipinski definition) is 1. The highest BCUT2D eigenvalue weighted by Crippen LogP contribution is 2.62. The Kier molecular flexibility index (Phi) is 2.71. The molecule has 1 aromatic carbocycles. The summed E-state index contributed by atoms with van der Waals surface area (Å²) in [7, 11) is 2.18. The quantitative estimate of drug-likeness (QED) is 0.629. The van der Waals surface area contributed by atoms with Gasteiger partial charge in [0, 0.05) is 29.9 Å². The van der Waals surface area contributed by atoms with Gasteiger partial charge in [0.05, 0.1) is 0 Å². The van der Waals surface area contributed by atoms with Gasteiger partial charge in [0.15, 0.2) is 17.6 Å². The van der Waals surface area contributed by atoms with Gasteiger partial charge in [-0.2, -0.15) is 0 Å². The Morgan fingerprint density at radius 3 is 3.04 bits per heavy atom. The Labute approximate surface area is 140 Å². The van der Waals surface area contributed by atoms with E-state index in [2.05, 4.69) is 18.0 Å². The zero-order valence-corrected chi connectivity index (χ0v) is 13.9. The van der Waals surface area contributed by atoms with E-state index in [0.29, 0.717) is 17.7 Å². The third-order valence-corrected chi connectivity index (χ3v) is 6.43. The first-order valence-corrected chi connectivity index (χ1v) is 8.60. The van der Waals surface area contributed by atoms with Gasteiger partial charge in [-0.3, -0.25) is 4.79 Å². The molecule has 2 aliphatic heterocycles. The molecule has 2 heterocycles. The molecule has 126 valence electrons. The summed E-state index contributed by atoms with van der Waals surface area (Å²) >= 11 is 0. The summed E-state index contributed by atoms with van der Waals surface area (Å²) in [4.78, 5) is 14.0. The Bertz CT molecular complexity index is 773. The van der Waals surface area contributed by atoms with Crippen molar-refractivity contribution in [3.63, 3.8) is 0 Å². The molecule has 0 aromatic heterocycles. The third-order valence-electron chi connectivity index (χ3n) is 6.43. The van der Waals surface area contributed by atoms with E-state index in [1.54, 1.807) is 6.07 Å². The molecular weight excluding hydrogens is 306 g/mol. The van der Waals surface area contributed by atoms with Crippen molar-refractivity contribution in [2.45, 2.75) is 43.4 Å². The number of piperidine rings is 1. The molecule has 2 aliphatic carbocycles. The van der Waals surface area contributed by atoms with Crippen molar-refractivity contribution in [1.82, 2.24) is 4.90 Å². The maximum absolute atomic E-state index is 11.6. The molecule has 5 heteroatoms. The van der Waals surface area contributed by atoms with Crippen LogP contribution in [0.4, 0.5) is 0 Å². The van der Waals surface area contributed by atoms with Gasteiger partial charge in [0.1, 0.15) is 6.10 Å². The SMILES string of the molecule is CC(=O)O[C@@H]1C=C[C@@H]2[C@H]3Cc4ccc(O)c5c4[C@@]2(CCN3C)[C@H]1O5. The van der Waals surface area contributed by atoms with Crippen molar-refractivity contribution in [2.75, 3.05) is 13.6 Å². The molecule has 1 N–H and O–H groups in total. The minimum atomic E-state index is -0.402. The first kappa shape index (κ1) is 14.3. The van der Waals surface area contributed by atoms with E-state index < -0.39 is 6.10 Å². The second kappa shape index (κ2) is 4.54. The Hall–Kier alpha value is -2.01. The van der Waals surface area contributed by atoms with Crippen molar-refractivity contribution in [2.24, 2.45) is 5.92 Å². The van der Waals surface area contributed by atoms with E-state index in [4.69, 9.17) is 9.47 Å². The molecule has 1 saturated heterocycles. The summed E-state index contributed by atoms with van der Waals surface area (Å²) < 4.78 is 11.8. The van der Waals surface area contributed by atoms with Crippen LogP contribution in [0.15, 0.2) is 24.3 Å². The summed E-state index contributed by atoms with van der Waals surface area (Å²) in [5, 5.41) is 10.4. The average Bonchev–Trinajstić information content (AvgIpc) is 2.89. The maximum Gasteiger partial charge on any atom is 0.303 e. The lowest BCUT2D eigenvalue weighted by atomic mass is 9.53. The molecule has 0 amide bonds. The summed E-state index contributed by atoms with van der Waals surface area (Å²) in [5.41, 5.74) is 2.21. The van der Waals surface area contributed by atoms with Crippen LogP contribution in [0.25, 0.3) is 0 Å². The smallest absolute Gasteiger partial charge is 0.303 e. The number of ether oxygens (including phenoxy) is 2. The Morgan fingerprint density at radius 1 is 1.42 bits per heavy atom. The standard InChI is InChI=1S/C19H21NO4/c1-10(21)23-15-6-4-12-13-9-11-3-5-14(22)17-16(11)19(12,18(15)24-17)7-8-20(13)2/h3-6,12-13,15,18,22H,7-9H2,1-2H3/t12-,13-,15-,18+,19+/m1/s1. The molecule has 4 aliphatic rings. The normalized spacial score (nSPS) is 38.4. The van der Waals surface area contributed by atoms with Crippen molar-refractivity contribution in [1.29, 1.82) is 0 Å². The van der Waals surface area contributed by atoms with Crippen molar-refractivity contribution >= 4 is 5.97 Å². The minimum Gasteiger partial charge on any atom is -0.504 e. The van der Waals surface area contributed by atoms with Crippen LogP contribution in [0.2, 0.25) is 0 Å². The highest BCUT2D eigenvalue weighted by molar-refractivity contribution is 5.67. The highest BCUT2D eigenvalue weighted by Gasteiger charge is 2.64. The fourth-order valence-electron chi connectivity index (χ4n) is 5.51. The minimum absolute atomic E-state index is 0.190. The van der Waals surface area contributed by atoms with Gasteiger partial charge in [0.25, 0.3) is 0 Å². The van der Waals surface area contributed by atoms with Crippen LogP contribution in [0.1, 0.15) is 24.5 Å². The zero-order chi connectivity index (χ0) is 16.6. The van der Waals surface area contributed by atoms with Crippen LogP contribution in [0.3, 0.4) is 0 Å². The van der Waals surface area contributed by atoms with Gasteiger partial charge >= 0.3 is 5.97 Å². The molecule has 0 radical (unpaired) electrons. The van der Waals surface area contributed by atoms with Gasteiger partial charge in [-0.05, 0) is 44.1 Å². The second-order valence-electron chi connectivity index (χ2n) is 7.51. The number of carbonyl (C=O) groups excluding carboxylic acids is 1. The predicted molar refractivity (Wildman–Crippen MR) is 87.1 cm³/mol. The van der Waals surface area contributed by atoms with Crippen molar-refractivity contribution in [3.8, 4) is 11.5 Å².